The minimum absolute atomic E-state index is 0.0949. The zero-order chi connectivity index (χ0) is 11.8. The van der Waals surface area contributed by atoms with Crippen LogP contribution in [0.1, 0.15) is 18.7 Å². The highest BCUT2D eigenvalue weighted by Crippen LogP contribution is 2.40. The van der Waals surface area contributed by atoms with Crippen LogP contribution in [0.2, 0.25) is 0 Å². The molecular formula is C9H14N4O2S. The molecule has 1 aromatic rings. The number of nitrogens with two attached hydrogens (primary N) is 1. The van der Waals surface area contributed by atoms with Crippen molar-refractivity contribution in [1.29, 1.82) is 0 Å². The van der Waals surface area contributed by atoms with E-state index in [4.69, 9.17) is 10.8 Å². The average Bonchev–Trinajstić information content (AvgIpc) is 2.99. The van der Waals surface area contributed by atoms with Gasteiger partial charge in [-0.3, -0.25) is 9.89 Å². The summed E-state index contributed by atoms with van der Waals surface area (Å²) in [6.07, 6.45) is 1.80. The molecule has 1 aliphatic rings. The first-order valence-electron chi connectivity index (χ1n) is 5.06. The van der Waals surface area contributed by atoms with Crippen molar-refractivity contribution in [2.24, 2.45) is 11.7 Å². The lowest BCUT2D eigenvalue weighted by molar-refractivity contribution is -0.143. The molecule has 1 heterocycles. The van der Waals surface area contributed by atoms with E-state index in [0.717, 1.165) is 12.8 Å². The Morgan fingerprint density at radius 3 is 2.88 bits per heavy atom. The number of carboxylic acids is 1. The van der Waals surface area contributed by atoms with Gasteiger partial charge in [-0.05, 0) is 25.7 Å². The van der Waals surface area contributed by atoms with Gasteiger partial charge in [0.25, 0.3) is 0 Å². The molecule has 1 aliphatic carbocycles. The number of aryl methyl sites for hydroxylation is 1. The number of nitrogens with zero attached hydrogens (tertiary/aromatic N) is 2. The second-order valence-corrected chi connectivity index (χ2v) is 5.05. The SMILES string of the molecule is Cc1nc(SCC(N)(C(=O)O)C2CC2)n[nH]1. The Kier molecular flexibility index (Phi) is 2.90. The summed E-state index contributed by atoms with van der Waals surface area (Å²) in [6, 6.07) is 0. The molecular weight excluding hydrogens is 228 g/mol. The lowest BCUT2D eigenvalue weighted by Crippen LogP contribution is -2.52. The molecule has 88 valence electrons. The molecule has 0 aliphatic heterocycles. The topological polar surface area (TPSA) is 105 Å². The Morgan fingerprint density at radius 1 is 1.75 bits per heavy atom. The number of aromatic amines is 1. The van der Waals surface area contributed by atoms with Crippen molar-refractivity contribution in [2.45, 2.75) is 30.5 Å². The van der Waals surface area contributed by atoms with Crippen LogP contribution in [0.5, 0.6) is 0 Å². The van der Waals surface area contributed by atoms with E-state index in [1.54, 1.807) is 6.92 Å². The molecule has 0 spiro atoms. The number of aromatic nitrogens is 3. The summed E-state index contributed by atoms with van der Waals surface area (Å²) in [5, 5.41) is 16.3. The Morgan fingerprint density at radius 2 is 2.44 bits per heavy atom. The van der Waals surface area contributed by atoms with Crippen molar-refractivity contribution >= 4 is 17.7 Å². The highest BCUT2D eigenvalue weighted by atomic mass is 32.2. The van der Waals surface area contributed by atoms with Gasteiger partial charge in [-0.25, -0.2) is 4.98 Å². The summed E-state index contributed by atoms with van der Waals surface area (Å²) in [4.78, 5) is 15.2. The summed E-state index contributed by atoms with van der Waals surface area (Å²) >= 11 is 1.29. The predicted molar refractivity (Wildman–Crippen MR) is 59.1 cm³/mol. The van der Waals surface area contributed by atoms with Gasteiger partial charge in [-0.15, -0.1) is 5.10 Å². The van der Waals surface area contributed by atoms with Crippen LogP contribution in [-0.4, -0.2) is 37.5 Å². The minimum atomic E-state index is -1.14. The first-order chi connectivity index (χ1) is 7.52. The zero-order valence-corrected chi connectivity index (χ0v) is 9.75. The molecule has 2 rings (SSSR count). The van der Waals surface area contributed by atoms with Crippen molar-refractivity contribution in [2.75, 3.05) is 5.75 Å². The highest BCUT2D eigenvalue weighted by molar-refractivity contribution is 7.99. The summed E-state index contributed by atoms with van der Waals surface area (Å²) < 4.78 is 0. The number of hydrogen-bond acceptors (Lipinski definition) is 5. The third-order valence-electron chi connectivity index (χ3n) is 2.72. The maximum Gasteiger partial charge on any atom is 0.324 e. The van der Waals surface area contributed by atoms with Gasteiger partial charge in [-0.1, -0.05) is 11.8 Å². The number of carbonyl (C=O) groups is 1. The third-order valence-corrected chi connectivity index (χ3v) is 3.78. The number of thioether (sulfide) groups is 1. The monoisotopic (exact) mass is 242 g/mol. The summed E-state index contributed by atoms with van der Waals surface area (Å²) in [6.45, 7) is 1.80. The van der Waals surface area contributed by atoms with E-state index in [0.29, 0.717) is 16.7 Å². The minimum Gasteiger partial charge on any atom is -0.480 e. The molecule has 0 amide bonds. The van der Waals surface area contributed by atoms with E-state index in [1.807, 2.05) is 0 Å². The third kappa shape index (κ3) is 2.19. The van der Waals surface area contributed by atoms with Crippen LogP contribution in [0.25, 0.3) is 0 Å². The summed E-state index contributed by atoms with van der Waals surface area (Å²) in [5.41, 5.74) is 4.77. The number of rotatable bonds is 5. The largest absolute Gasteiger partial charge is 0.480 e. The van der Waals surface area contributed by atoms with Gasteiger partial charge < -0.3 is 10.8 Å². The molecule has 1 fully saturated rings. The molecule has 7 heteroatoms. The van der Waals surface area contributed by atoms with Crippen LogP contribution >= 0.6 is 11.8 Å². The highest BCUT2D eigenvalue weighted by Gasteiger charge is 2.48. The van der Waals surface area contributed by atoms with Crippen molar-refractivity contribution in [3.63, 3.8) is 0 Å². The Bertz CT molecular complexity index is 404. The smallest absolute Gasteiger partial charge is 0.324 e. The first kappa shape index (κ1) is 11.4. The fourth-order valence-electron chi connectivity index (χ4n) is 1.52. The van der Waals surface area contributed by atoms with E-state index in [9.17, 15) is 4.79 Å². The van der Waals surface area contributed by atoms with Gasteiger partial charge in [0.2, 0.25) is 5.16 Å². The van der Waals surface area contributed by atoms with Crippen LogP contribution in [-0.2, 0) is 4.79 Å². The van der Waals surface area contributed by atoms with Gasteiger partial charge in [0, 0.05) is 5.75 Å². The Hall–Kier alpha value is -1.08. The number of hydrogen-bond donors (Lipinski definition) is 3. The van der Waals surface area contributed by atoms with Crippen LogP contribution in [0.4, 0.5) is 0 Å². The van der Waals surface area contributed by atoms with Crippen molar-refractivity contribution < 1.29 is 9.90 Å². The number of nitrogens with one attached hydrogen (secondary N) is 1. The summed E-state index contributed by atoms with van der Waals surface area (Å²) in [5.74, 6) is 0.184. The van der Waals surface area contributed by atoms with E-state index in [1.165, 1.54) is 11.8 Å². The zero-order valence-electron chi connectivity index (χ0n) is 8.93. The maximum atomic E-state index is 11.1. The first-order valence-corrected chi connectivity index (χ1v) is 6.05. The number of aliphatic carboxylic acids is 1. The van der Waals surface area contributed by atoms with Gasteiger partial charge >= 0.3 is 5.97 Å². The van der Waals surface area contributed by atoms with Crippen molar-refractivity contribution in [1.82, 2.24) is 15.2 Å². The van der Waals surface area contributed by atoms with Crippen LogP contribution in [0.15, 0.2) is 5.16 Å². The second kappa shape index (κ2) is 4.06. The van der Waals surface area contributed by atoms with Crippen molar-refractivity contribution in [3.8, 4) is 0 Å². The lowest BCUT2D eigenvalue weighted by Gasteiger charge is -2.23. The Balaban J connectivity index is 1.99. The molecule has 4 N–H and O–H groups in total. The van der Waals surface area contributed by atoms with Gasteiger partial charge in [0.1, 0.15) is 11.4 Å². The van der Waals surface area contributed by atoms with E-state index in [2.05, 4.69) is 15.2 Å². The van der Waals surface area contributed by atoms with Crippen LogP contribution in [0.3, 0.4) is 0 Å². The molecule has 1 atom stereocenters. The molecule has 6 nitrogen and oxygen atoms in total. The molecule has 1 saturated carbocycles. The van der Waals surface area contributed by atoms with E-state index >= 15 is 0 Å². The standard InChI is InChI=1S/C9H14N4O2S/c1-5-11-8(13-12-5)16-4-9(10,7(14)15)6-2-3-6/h6H,2-4,10H2,1H3,(H,14,15)(H,11,12,13). The normalized spacial score (nSPS) is 19.4. The quantitative estimate of drug-likeness (QED) is 0.645. The second-order valence-electron chi connectivity index (χ2n) is 4.11. The molecule has 0 aromatic carbocycles. The van der Waals surface area contributed by atoms with Gasteiger partial charge in [0.15, 0.2) is 0 Å². The maximum absolute atomic E-state index is 11.1. The molecule has 1 unspecified atom stereocenters. The number of H-pyrrole nitrogens is 1. The molecule has 1 aromatic heterocycles. The summed E-state index contributed by atoms with van der Waals surface area (Å²) in [7, 11) is 0. The molecule has 16 heavy (non-hydrogen) atoms. The fourth-order valence-corrected chi connectivity index (χ4v) is 2.56. The Labute approximate surface area is 97.0 Å². The number of carboxylic acid groups (broad SMARTS) is 1. The molecule has 0 radical (unpaired) electrons. The van der Waals surface area contributed by atoms with Crippen LogP contribution in [0, 0.1) is 12.8 Å². The van der Waals surface area contributed by atoms with Gasteiger partial charge in [-0.2, -0.15) is 0 Å². The predicted octanol–water partition coefficient (Wildman–Crippen LogP) is 0.397. The fraction of sp³-hybridized carbons (Fsp3) is 0.667. The van der Waals surface area contributed by atoms with Gasteiger partial charge in [0.05, 0.1) is 0 Å². The molecule has 0 saturated heterocycles. The average molecular weight is 242 g/mol. The van der Waals surface area contributed by atoms with E-state index < -0.39 is 11.5 Å². The lowest BCUT2D eigenvalue weighted by atomic mass is 9.98. The van der Waals surface area contributed by atoms with Crippen LogP contribution < -0.4 is 5.73 Å². The van der Waals surface area contributed by atoms with Crippen molar-refractivity contribution in [3.05, 3.63) is 5.82 Å². The molecule has 0 bridgehead atoms. The van der Waals surface area contributed by atoms with E-state index in [-0.39, 0.29) is 5.92 Å².